The highest BCUT2D eigenvalue weighted by atomic mass is 32.2. The number of hydrogen-bond acceptors (Lipinski definition) is 4. The van der Waals surface area contributed by atoms with Crippen LogP contribution in [0.2, 0.25) is 0 Å². The molecular formula is C12H22N2O2S. The molecule has 17 heavy (non-hydrogen) atoms. The van der Waals surface area contributed by atoms with Crippen molar-refractivity contribution in [1.82, 2.24) is 9.80 Å². The van der Waals surface area contributed by atoms with Gasteiger partial charge in [-0.15, -0.1) is 0 Å². The number of likely N-dealkylation sites (tertiary alicyclic amines) is 1. The largest absolute Gasteiger partial charge is 0.480 e. The molecule has 0 saturated carbocycles. The molecule has 1 atom stereocenters. The minimum Gasteiger partial charge on any atom is -0.480 e. The minimum atomic E-state index is -0.654. The lowest BCUT2D eigenvalue weighted by Crippen LogP contribution is -2.48. The van der Waals surface area contributed by atoms with Gasteiger partial charge in [-0.2, -0.15) is 11.8 Å². The van der Waals surface area contributed by atoms with Crippen molar-refractivity contribution < 1.29 is 9.90 Å². The first-order chi connectivity index (χ1) is 8.27. The van der Waals surface area contributed by atoms with Crippen molar-refractivity contribution in [3.8, 4) is 0 Å². The van der Waals surface area contributed by atoms with Crippen molar-refractivity contribution in [2.75, 3.05) is 44.2 Å². The zero-order chi connectivity index (χ0) is 12.1. The van der Waals surface area contributed by atoms with Crippen molar-refractivity contribution in [1.29, 1.82) is 0 Å². The number of nitrogens with zero attached hydrogens (tertiary/aromatic N) is 2. The van der Waals surface area contributed by atoms with Gasteiger partial charge in [-0.25, -0.2) is 0 Å². The van der Waals surface area contributed by atoms with Crippen LogP contribution in [0.15, 0.2) is 0 Å². The van der Waals surface area contributed by atoms with Gasteiger partial charge in [0.05, 0.1) is 0 Å². The summed E-state index contributed by atoms with van der Waals surface area (Å²) in [5.41, 5.74) is 0. The van der Waals surface area contributed by atoms with E-state index in [-0.39, 0.29) is 6.04 Å². The van der Waals surface area contributed by atoms with Gasteiger partial charge in [0, 0.05) is 24.6 Å². The summed E-state index contributed by atoms with van der Waals surface area (Å²) in [6.07, 6.45) is 3.77. The number of carboxylic acids is 1. The molecule has 0 radical (unpaired) electrons. The second-order valence-electron chi connectivity index (χ2n) is 4.87. The van der Waals surface area contributed by atoms with Crippen molar-refractivity contribution in [2.24, 2.45) is 0 Å². The van der Waals surface area contributed by atoms with Gasteiger partial charge in [-0.3, -0.25) is 9.69 Å². The lowest BCUT2D eigenvalue weighted by atomic mass is 10.2. The molecule has 2 aliphatic heterocycles. The summed E-state index contributed by atoms with van der Waals surface area (Å²) in [6, 6.07) is -0.257. The monoisotopic (exact) mass is 258 g/mol. The molecule has 2 heterocycles. The summed E-state index contributed by atoms with van der Waals surface area (Å²) in [6.45, 7) is 5.47. The van der Waals surface area contributed by atoms with E-state index in [4.69, 9.17) is 5.11 Å². The molecule has 0 bridgehead atoms. The quantitative estimate of drug-likeness (QED) is 0.796. The third kappa shape index (κ3) is 3.86. The molecule has 0 amide bonds. The summed E-state index contributed by atoms with van der Waals surface area (Å²) >= 11 is 1.76. The van der Waals surface area contributed by atoms with E-state index < -0.39 is 5.97 Å². The highest BCUT2D eigenvalue weighted by Crippen LogP contribution is 2.17. The lowest BCUT2D eigenvalue weighted by molar-refractivity contribution is -0.142. The normalized spacial score (nSPS) is 27.4. The summed E-state index contributed by atoms with van der Waals surface area (Å²) in [4.78, 5) is 15.8. The molecule has 2 rings (SSSR count). The molecule has 2 aliphatic rings. The third-order valence-corrected chi connectivity index (χ3v) is 4.67. The Morgan fingerprint density at radius 1 is 1.24 bits per heavy atom. The number of thioether (sulfide) groups is 1. The van der Waals surface area contributed by atoms with Gasteiger partial charge in [0.25, 0.3) is 0 Å². The fourth-order valence-electron chi connectivity index (χ4n) is 2.64. The van der Waals surface area contributed by atoms with Crippen molar-refractivity contribution >= 4 is 17.7 Å². The molecule has 1 N–H and O–H groups in total. The fraction of sp³-hybridized carbons (Fsp3) is 0.917. The summed E-state index contributed by atoms with van der Waals surface area (Å²) in [7, 11) is 0. The van der Waals surface area contributed by atoms with Crippen LogP contribution in [0.5, 0.6) is 0 Å². The Morgan fingerprint density at radius 2 is 2.00 bits per heavy atom. The van der Waals surface area contributed by atoms with E-state index in [2.05, 4.69) is 9.80 Å². The van der Waals surface area contributed by atoms with Crippen LogP contribution in [0, 0.1) is 0 Å². The Labute approximate surface area is 107 Å². The van der Waals surface area contributed by atoms with Crippen LogP contribution < -0.4 is 0 Å². The lowest BCUT2D eigenvalue weighted by Gasteiger charge is -2.32. The molecule has 5 heteroatoms. The predicted molar refractivity (Wildman–Crippen MR) is 70.6 cm³/mol. The number of aliphatic carboxylic acids is 1. The number of hydrogen-bond donors (Lipinski definition) is 1. The second kappa shape index (κ2) is 6.61. The van der Waals surface area contributed by atoms with Crippen molar-refractivity contribution in [3.05, 3.63) is 0 Å². The average Bonchev–Trinajstić information content (AvgIpc) is 2.82. The number of carboxylic acid groups (broad SMARTS) is 1. The van der Waals surface area contributed by atoms with E-state index in [9.17, 15) is 4.79 Å². The topological polar surface area (TPSA) is 43.8 Å². The molecular weight excluding hydrogens is 236 g/mol. The van der Waals surface area contributed by atoms with Gasteiger partial charge in [0.2, 0.25) is 0 Å². The van der Waals surface area contributed by atoms with Crippen molar-refractivity contribution in [2.45, 2.75) is 25.3 Å². The Balaban J connectivity index is 1.70. The summed E-state index contributed by atoms with van der Waals surface area (Å²) in [5.74, 6) is 1.17. The first-order valence-corrected chi connectivity index (χ1v) is 7.70. The first kappa shape index (κ1) is 13.2. The van der Waals surface area contributed by atoms with E-state index >= 15 is 0 Å². The standard InChI is InChI=1S/C12H22N2O2S/c15-12(16)11-10-17-9-8-14(11)7-3-6-13-4-1-2-5-13/h11H,1-10H2,(H,15,16). The summed E-state index contributed by atoms with van der Waals surface area (Å²) < 4.78 is 0. The Kier molecular flexibility index (Phi) is 5.13. The van der Waals surface area contributed by atoms with Crippen LogP contribution in [-0.2, 0) is 4.79 Å². The molecule has 2 fully saturated rings. The van der Waals surface area contributed by atoms with E-state index in [1.54, 1.807) is 11.8 Å². The Hall–Kier alpha value is -0.260. The van der Waals surface area contributed by atoms with Gasteiger partial charge >= 0.3 is 5.97 Å². The number of carbonyl (C=O) groups is 1. The molecule has 0 aromatic heterocycles. The first-order valence-electron chi connectivity index (χ1n) is 6.54. The maximum Gasteiger partial charge on any atom is 0.321 e. The third-order valence-electron chi connectivity index (χ3n) is 3.64. The molecule has 1 unspecified atom stereocenters. The highest BCUT2D eigenvalue weighted by molar-refractivity contribution is 7.99. The number of rotatable bonds is 5. The van der Waals surface area contributed by atoms with Gasteiger partial charge in [0.15, 0.2) is 0 Å². The predicted octanol–water partition coefficient (Wildman–Crippen LogP) is 0.974. The van der Waals surface area contributed by atoms with Crippen LogP contribution in [0.3, 0.4) is 0 Å². The molecule has 2 saturated heterocycles. The van der Waals surface area contributed by atoms with Gasteiger partial charge in [-0.05, 0) is 38.9 Å². The van der Waals surface area contributed by atoms with Crippen LogP contribution in [0.25, 0.3) is 0 Å². The SMILES string of the molecule is O=C(O)C1CSCCN1CCCN1CCCC1. The van der Waals surface area contributed by atoms with Gasteiger partial charge < -0.3 is 10.0 Å². The fourth-order valence-corrected chi connectivity index (χ4v) is 3.74. The van der Waals surface area contributed by atoms with E-state index in [0.717, 1.165) is 37.6 Å². The van der Waals surface area contributed by atoms with Crippen LogP contribution >= 0.6 is 11.8 Å². The smallest absolute Gasteiger partial charge is 0.321 e. The average molecular weight is 258 g/mol. The van der Waals surface area contributed by atoms with Crippen LogP contribution in [0.1, 0.15) is 19.3 Å². The zero-order valence-corrected chi connectivity index (χ0v) is 11.1. The van der Waals surface area contributed by atoms with Crippen LogP contribution in [-0.4, -0.2) is 71.1 Å². The molecule has 0 aliphatic carbocycles. The van der Waals surface area contributed by atoms with Gasteiger partial charge in [-0.1, -0.05) is 0 Å². The Morgan fingerprint density at radius 3 is 2.71 bits per heavy atom. The van der Waals surface area contributed by atoms with E-state index in [0.29, 0.717) is 0 Å². The second-order valence-corrected chi connectivity index (χ2v) is 6.02. The minimum absolute atomic E-state index is 0.257. The van der Waals surface area contributed by atoms with E-state index in [1.807, 2.05) is 0 Å². The molecule has 0 spiro atoms. The van der Waals surface area contributed by atoms with E-state index in [1.165, 1.54) is 25.9 Å². The molecule has 0 aromatic carbocycles. The van der Waals surface area contributed by atoms with Crippen LogP contribution in [0.4, 0.5) is 0 Å². The molecule has 98 valence electrons. The highest BCUT2D eigenvalue weighted by Gasteiger charge is 2.28. The summed E-state index contributed by atoms with van der Waals surface area (Å²) in [5, 5.41) is 9.15. The van der Waals surface area contributed by atoms with Crippen molar-refractivity contribution in [3.63, 3.8) is 0 Å². The zero-order valence-electron chi connectivity index (χ0n) is 10.3. The molecule has 0 aromatic rings. The van der Waals surface area contributed by atoms with Gasteiger partial charge in [0.1, 0.15) is 6.04 Å². The Bertz CT molecular complexity index is 257. The molecule has 4 nitrogen and oxygen atoms in total. The maximum atomic E-state index is 11.1. The maximum absolute atomic E-state index is 11.1.